The molecule has 2 fully saturated rings. The van der Waals surface area contributed by atoms with E-state index in [9.17, 15) is 9.59 Å². The van der Waals surface area contributed by atoms with Gasteiger partial charge in [0, 0.05) is 44.8 Å². The van der Waals surface area contributed by atoms with E-state index >= 15 is 0 Å². The number of nitrogens with one attached hydrogen (secondary N) is 2. The van der Waals surface area contributed by atoms with Crippen molar-refractivity contribution < 1.29 is 9.59 Å². The minimum Gasteiger partial charge on any atom is -0.383 e. The fourth-order valence-electron chi connectivity index (χ4n) is 5.72. The van der Waals surface area contributed by atoms with Gasteiger partial charge >= 0.3 is 0 Å². The second kappa shape index (κ2) is 27.3. The average Bonchev–Trinajstić information content (AvgIpc) is 3.77. The Balaban J connectivity index is 0.000000184. The van der Waals surface area contributed by atoms with Crippen molar-refractivity contribution in [2.24, 2.45) is 0 Å². The predicted octanol–water partition coefficient (Wildman–Crippen LogP) is 7.43. The summed E-state index contributed by atoms with van der Waals surface area (Å²) in [5.74, 6) is 1.22. The summed E-state index contributed by atoms with van der Waals surface area (Å²) in [7, 11) is 0. The van der Waals surface area contributed by atoms with Crippen molar-refractivity contribution in [3.05, 3.63) is 151 Å². The molecule has 0 atom stereocenters. The van der Waals surface area contributed by atoms with Gasteiger partial charge in [0.15, 0.2) is 0 Å². The Bertz CT molecular complexity index is 2340. The predicted molar refractivity (Wildman–Crippen MR) is 254 cm³/mol. The molecular formula is C44H48Br3N13O2. The largest absolute Gasteiger partial charge is 0.383 e. The lowest BCUT2D eigenvalue weighted by atomic mass is 10.1. The van der Waals surface area contributed by atoms with E-state index in [2.05, 4.69) is 93.2 Å². The molecule has 8 heterocycles. The zero-order valence-electron chi connectivity index (χ0n) is 33.9. The van der Waals surface area contributed by atoms with Crippen LogP contribution < -0.4 is 32.7 Å². The Morgan fingerprint density at radius 2 is 1.02 bits per heavy atom. The molecule has 8 rings (SSSR count). The molecule has 322 valence electrons. The van der Waals surface area contributed by atoms with E-state index in [1.807, 2.05) is 36.4 Å². The van der Waals surface area contributed by atoms with Crippen LogP contribution in [0.15, 0.2) is 123 Å². The summed E-state index contributed by atoms with van der Waals surface area (Å²) in [6.07, 6.45) is 10.8. The molecule has 8 N–H and O–H groups in total. The van der Waals surface area contributed by atoms with Crippen molar-refractivity contribution in [3.63, 3.8) is 0 Å². The summed E-state index contributed by atoms with van der Waals surface area (Å²) in [5, 5.41) is 14.9. The van der Waals surface area contributed by atoms with Crippen molar-refractivity contribution in [2.45, 2.75) is 32.1 Å². The highest BCUT2D eigenvalue weighted by Crippen LogP contribution is 2.20. The highest BCUT2D eigenvalue weighted by molar-refractivity contribution is 9.11. The number of ketones is 2. The van der Waals surface area contributed by atoms with E-state index in [1.165, 1.54) is 45.2 Å². The van der Waals surface area contributed by atoms with Crippen LogP contribution in [0.25, 0.3) is 0 Å². The second-order valence-corrected chi connectivity index (χ2v) is 15.8. The smallest absolute Gasteiger partial charge is 0.215 e. The van der Waals surface area contributed by atoms with Crippen LogP contribution in [0, 0.1) is 11.3 Å². The van der Waals surface area contributed by atoms with Gasteiger partial charge in [0.1, 0.15) is 54.5 Å². The number of hydrogen-bond acceptors (Lipinski definition) is 15. The first kappa shape index (κ1) is 49.0. The highest BCUT2D eigenvalue weighted by atomic mass is 79.9. The van der Waals surface area contributed by atoms with Crippen LogP contribution in [0.2, 0.25) is 0 Å². The van der Waals surface area contributed by atoms with Crippen LogP contribution in [-0.2, 0) is 0 Å². The maximum Gasteiger partial charge on any atom is 0.215 e. The van der Waals surface area contributed by atoms with Gasteiger partial charge in [0.05, 0.1) is 16.7 Å². The van der Waals surface area contributed by atoms with Gasteiger partial charge in [-0.05, 0) is 153 Å². The minimum absolute atomic E-state index is 0.178. The van der Waals surface area contributed by atoms with Gasteiger partial charge in [0.25, 0.3) is 0 Å². The standard InChI is InChI=1S/C17H20N4O.C11H8BrN3O.C6H5N3.C5H3Br2N.C5H12N2/c18-17-13(7-6-10-19-17)16(22)14-8-5-9-15(20-14)21-11-3-1-2-4-12-21;12-9-5-1-4-8(15-9)10(16)7-3-2-6-14-11(7)13;7-4-5-2-1-3-9-6(5)8;6-4-2-1-3-5(7)8-4;1-2-6-4-5-7-3-1/h5-10H,1-4,11-12H2,(H2,18,19);1-6H,(H2,13,14);1-3H,(H2,8,9);1-3H;6-7H,1-5H2. The SMILES string of the molecule is Brc1cccc(Br)n1.C1CNCCNC1.N#Cc1cccnc1N.Nc1ncccc1C(=O)c1cccc(Br)n1.Nc1ncccc1C(=O)c1cccc(N2CCCCCC2)n1. The van der Waals surface area contributed by atoms with Gasteiger partial charge in [0.2, 0.25) is 11.6 Å². The van der Waals surface area contributed by atoms with Crippen molar-refractivity contribution >= 4 is 82.6 Å². The van der Waals surface area contributed by atoms with Gasteiger partial charge in [-0.15, -0.1) is 0 Å². The van der Waals surface area contributed by atoms with Crippen LogP contribution in [0.3, 0.4) is 0 Å². The summed E-state index contributed by atoms with van der Waals surface area (Å²) in [6, 6.07) is 28.3. The fourth-order valence-corrected chi connectivity index (χ4v) is 6.98. The number of nitriles is 1. The molecule has 0 aromatic carbocycles. The van der Waals surface area contributed by atoms with E-state index in [1.54, 1.807) is 79.3 Å². The van der Waals surface area contributed by atoms with Crippen LogP contribution in [0.5, 0.6) is 0 Å². The summed E-state index contributed by atoms with van der Waals surface area (Å²) < 4.78 is 2.32. The van der Waals surface area contributed by atoms with Gasteiger partial charge in [-0.25, -0.2) is 29.9 Å². The lowest BCUT2D eigenvalue weighted by molar-refractivity contribution is 0.102. The van der Waals surface area contributed by atoms with Gasteiger partial charge < -0.3 is 32.7 Å². The molecule has 2 saturated heterocycles. The summed E-state index contributed by atoms with van der Waals surface area (Å²) in [6.45, 7) is 6.65. The lowest BCUT2D eigenvalue weighted by Gasteiger charge is -2.21. The van der Waals surface area contributed by atoms with Gasteiger partial charge in [-0.2, -0.15) is 5.26 Å². The number of nitrogens with zero attached hydrogens (tertiary/aromatic N) is 8. The van der Waals surface area contributed by atoms with Gasteiger partial charge in [-0.3, -0.25) is 9.59 Å². The number of nitrogen functional groups attached to an aromatic ring is 3. The van der Waals surface area contributed by atoms with E-state index in [0.29, 0.717) is 38.5 Å². The van der Waals surface area contributed by atoms with E-state index in [0.717, 1.165) is 41.2 Å². The quantitative estimate of drug-likeness (QED) is 0.0833. The number of anilines is 4. The number of pyridine rings is 6. The van der Waals surface area contributed by atoms with Crippen molar-refractivity contribution in [1.82, 2.24) is 40.5 Å². The summed E-state index contributed by atoms with van der Waals surface area (Å²) >= 11 is 9.65. The Morgan fingerprint density at radius 3 is 1.47 bits per heavy atom. The first-order chi connectivity index (χ1) is 30.1. The molecule has 0 bridgehead atoms. The van der Waals surface area contributed by atoms with E-state index < -0.39 is 0 Å². The molecule has 0 saturated carbocycles. The Hall–Kier alpha value is -5.71. The molecule has 6 aromatic heterocycles. The van der Waals surface area contributed by atoms with E-state index in [4.69, 9.17) is 22.5 Å². The topological polar surface area (TPSA) is 241 Å². The molecular weight excluding hydrogens is 982 g/mol. The normalized spacial score (nSPS) is 13.2. The number of hydrogen-bond donors (Lipinski definition) is 5. The average molecular weight is 1030 g/mol. The van der Waals surface area contributed by atoms with Gasteiger partial charge in [-0.1, -0.05) is 31.0 Å². The first-order valence-corrected chi connectivity index (χ1v) is 22.1. The number of carbonyl (C=O) groups excluding carboxylic acids is 2. The number of halogens is 3. The van der Waals surface area contributed by atoms with Crippen LogP contribution in [-0.4, -0.2) is 80.7 Å². The molecule has 0 unspecified atom stereocenters. The molecule has 0 radical (unpaired) electrons. The Labute approximate surface area is 386 Å². The fraction of sp³-hybridized carbons (Fsp3) is 0.250. The highest BCUT2D eigenvalue weighted by Gasteiger charge is 2.17. The molecule has 0 spiro atoms. The monoisotopic (exact) mass is 1030 g/mol. The third kappa shape index (κ3) is 17.0. The number of carbonyl (C=O) groups is 2. The Morgan fingerprint density at radius 1 is 0.548 bits per heavy atom. The third-order valence-electron chi connectivity index (χ3n) is 8.84. The minimum atomic E-state index is -0.230. The number of aromatic nitrogens is 6. The molecule has 6 aromatic rings. The first-order valence-electron chi connectivity index (χ1n) is 19.7. The molecule has 18 heteroatoms. The zero-order valence-corrected chi connectivity index (χ0v) is 38.7. The number of nitrogens with two attached hydrogens (primary N) is 3. The van der Waals surface area contributed by atoms with Crippen molar-refractivity contribution in [2.75, 3.05) is 61.4 Å². The molecule has 15 nitrogen and oxygen atoms in total. The lowest BCUT2D eigenvalue weighted by Crippen LogP contribution is -2.25. The summed E-state index contributed by atoms with van der Waals surface area (Å²) in [5.41, 5.74) is 18.7. The molecule has 2 aliphatic rings. The third-order valence-corrected chi connectivity index (χ3v) is 10.2. The second-order valence-electron chi connectivity index (χ2n) is 13.3. The zero-order chi connectivity index (χ0) is 44.5. The molecule has 2 aliphatic heterocycles. The van der Waals surface area contributed by atoms with Crippen molar-refractivity contribution in [3.8, 4) is 6.07 Å². The molecule has 0 aliphatic carbocycles. The Kier molecular flexibility index (Phi) is 21.5. The number of rotatable bonds is 5. The molecule has 62 heavy (non-hydrogen) atoms. The van der Waals surface area contributed by atoms with Crippen molar-refractivity contribution in [1.29, 1.82) is 5.26 Å². The van der Waals surface area contributed by atoms with Crippen LogP contribution >= 0.6 is 47.8 Å². The van der Waals surface area contributed by atoms with Crippen LogP contribution in [0.1, 0.15) is 69.8 Å². The van der Waals surface area contributed by atoms with Crippen LogP contribution in [0.4, 0.5) is 23.3 Å². The maximum absolute atomic E-state index is 12.6. The summed E-state index contributed by atoms with van der Waals surface area (Å²) in [4.78, 5) is 51.0. The molecule has 0 amide bonds. The van der Waals surface area contributed by atoms with E-state index in [-0.39, 0.29) is 23.2 Å². The maximum atomic E-state index is 12.6.